The number of aryl methyl sites for hydroxylation is 1. The van der Waals surface area contributed by atoms with Crippen LogP contribution in [0.1, 0.15) is 102 Å². The highest BCUT2D eigenvalue weighted by molar-refractivity contribution is 7.84. The van der Waals surface area contributed by atoms with Crippen molar-refractivity contribution in [1.82, 2.24) is 26.6 Å². The van der Waals surface area contributed by atoms with E-state index in [1.54, 1.807) is 45.9 Å². The maximum absolute atomic E-state index is 14.6. The highest BCUT2D eigenvalue weighted by Gasteiger charge is 2.50. The quantitative estimate of drug-likeness (QED) is 0.0202. The van der Waals surface area contributed by atoms with E-state index in [0.29, 0.717) is 57.5 Å². The van der Waals surface area contributed by atoms with Crippen molar-refractivity contribution in [3.05, 3.63) is 101 Å². The summed E-state index contributed by atoms with van der Waals surface area (Å²) in [5.41, 5.74) is 0.721. The Morgan fingerprint density at radius 1 is 0.766 bits per heavy atom. The summed E-state index contributed by atoms with van der Waals surface area (Å²) in [7, 11) is -3.92. The van der Waals surface area contributed by atoms with Gasteiger partial charge in [-0.2, -0.15) is 0 Å². The van der Waals surface area contributed by atoms with Gasteiger partial charge in [0, 0.05) is 18.2 Å². The monoisotopic (exact) mass is 1090 g/mol. The van der Waals surface area contributed by atoms with Gasteiger partial charge < -0.3 is 49.8 Å². The van der Waals surface area contributed by atoms with Crippen LogP contribution in [0, 0.1) is 29.6 Å². The number of rotatable bonds is 25. The molecule has 20 heteroatoms. The van der Waals surface area contributed by atoms with Crippen molar-refractivity contribution >= 4 is 51.4 Å². The van der Waals surface area contributed by atoms with Gasteiger partial charge in [0.1, 0.15) is 49.1 Å². The van der Waals surface area contributed by atoms with Crippen LogP contribution < -0.4 is 31.3 Å². The second kappa shape index (κ2) is 28.8. The van der Waals surface area contributed by atoms with Crippen LogP contribution in [0.15, 0.2) is 78.9 Å². The van der Waals surface area contributed by atoms with Gasteiger partial charge in [-0.15, -0.1) is 6.42 Å². The number of epoxide rings is 1. The third-order valence-corrected chi connectivity index (χ3v) is 12.8. The summed E-state index contributed by atoms with van der Waals surface area (Å²) in [6.07, 6.45) is 7.39. The molecule has 0 aromatic heterocycles. The van der Waals surface area contributed by atoms with Crippen molar-refractivity contribution in [3.63, 3.8) is 0 Å². The van der Waals surface area contributed by atoms with Crippen LogP contribution in [-0.4, -0.2) is 141 Å². The molecular weight excluding hydrogens is 1010 g/mol. The van der Waals surface area contributed by atoms with E-state index in [-0.39, 0.29) is 72.4 Å². The number of morpholine rings is 1. The summed E-state index contributed by atoms with van der Waals surface area (Å²) in [6.45, 7) is 16.7. The highest BCUT2D eigenvalue weighted by Crippen LogP contribution is 2.30. The topological polar surface area (TPSA) is 268 Å². The lowest BCUT2D eigenvalue weighted by Gasteiger charge is -2.41. The van der Waals surface area contributed by atoms with E-state index in [9.17, 15) is 33.6 Å². The first-order valence-corrected chi connectivity index (χ1v) is 27.8. The van der Waals surface area contributed by atoms with E-state index < -0.39 is 80.8 Å². The summed E-state index contributed by atoms with van der Waals surface area (Å²) in [5.74, 6) is -0.911. The molecule has 0 bridgehead atoms. The average Bonchev–Trinajstić information content (AvgIpc) is 4.11. The molecule has 0 aliphatic carbocycles. The number of carbonyl (C=O) groups is 7. The van der Waals surface area contributed by atoms with Gasteiger partial charge in [-0.1, -0.05) is 94.3 Å². The Kier molecular flexibility index (Phi) is 23.5. The molecule has 2 saturated heterocycles. The van der Waals surface area contributed by atoms with Gasteiger partial charge in [-0.3, -0.25) is 33.6 Å². The lowest BCUT2D eigenvalue weighted by atomic mass is 9.93. The standard InChI is InChI=1S/C56H74N6O10.CH4O3S/c1-10-25-57-50(65)42-32-41(22-24-47(42)72-54(69)55(6,7)8)34-62(26-28-70-29-27-62)35-48(63)58-43(23-21-39-17-13-11-14-18-39)51(66)60-45(31-38(4)5)52(67)61-46(33-40-19-15-12-16-20-40)53(68)59-44(30-37(2)3)49(64)56(9)36-71-56;1-5(2,3)4/h1,11-20,22,24,32,37-38,43-46H,21,23,25-31,33-36H2,2-9H3,(H4-,57,58,59,60,61,63,65,66,67,68);1H3,(H,2,3,4)/t43-,44-,45-,46-,56+;/m0./s1. The predicted molar refractivity (Wildman–Crippen MR) is 289 cm³/mol. The van der Waals surface area contributed by atoms with Gasteiger partial charge >= 0.3 is 5.97 Å². The SMILES string of the molecule is C#CCNC(=O)c1cc(C[N+]2(CC(=O)N[C@@H](CCc3ccccc3)C(=O)N[C@@H](CC(C)C)C(=O)N[C@@H](Cc3ccccc3)C(=O)N[C@@H](CC(C)C)C(=O)[C@@]3(C)CO3)CCOCC2)ccc1OC(=O)C(C)(C)C.CS(=O)(=O)[O-]. The molecule has 77 heavy (non-hydrogen) atoms. The summed E-state index contributed by atoms with van der Waals surface area (Å²) in [4.78, 5) is 97.5. The van der Waals surface area contributed by atoms with Crippen LogP contribution in [0.5, 0.6) is 5.75 Å². The second-order valence-electron chi connectivity index (χ2n) is 21.9. The van der Waals surface area contributed by atoms with Crippen molar-refractivity contribution in [2.75, 3.05) is 52.3 Å². The van der Waals surface area contributed by atoms with Crippen LogP contribution in [0.25, 0.3) is 0 Å². The first-order chi connectivity index (χ1) is 36.1. The number of ether oxygens (including phenoxy) is 3. The van der Waals surface area contributed by atoms with E-state index in [2.05, 4.69) is 32.5 Å². The molecular formula is C57H78N6O13S. The maximum Gasteiger partial charge on any atom is 0.316 e. The molecule has 2 aliphatic rings. The smallest absolute Gasteiger partial charge is 0.316 e. The molecule has 3 aromatic rings. The van der Waals surface area contributed by atoms with E-state index >= 15 is 0 Å². The molecule has 5 amide bonds. The fraction of sp³-hybridized carbons (Fsp3) is 0.526. The minimum Gasteiger partial charge on any atom is -0.748 e. The molecule has 19 nitrogen and oxygen atoms in total. The Labute approximate surface area is 454 Å². The van der Waals surface area contributed by atoms with Crippen molar-refractivity contribution in [2.45, 2.75) is 124 Å². The Morgan fingerprint density at radius 2 is 1.29 bits per heavy atom. The Bertz CT molecular complexity index is 2650. The number of esters is 1. The van der Waals surface area contributed by atoms with Crippen LogP contribution in [0.4, 0.5) is 0 Å². The number of nitrogens with one attached hydrogen (secondary N) is 5. The minimum absolute atomic E-state index is 0.0424. The van der Waals surface area contributed by atoms with Gasteiger partial charge in [0.05, 0.1) is 53.5 Å². The van der Waals surface area contributed by atoms with E-state index in [1.165, 1.54) is 0 Å². The normalized spacial score (nSPS) is 17.4. The molecule has 5 N–H and O–H groups in total. The first-order valence-electron chi connectivity index (χ1n) is 26.0. The number of amides is 5. The summed E-state index contributed by atoms with van der Waals surface area (Å²) in [5, 5.41) is 14.5. The minimum atomic E-state index is -3.92. The zero-order chi connectivity index (χ0) is 57.1. The van der Waals surface area contributed by atoms with Crippen LogP contribution in [0.2, 0.25) is 0 Å². The van der Waals surface area contributed by atoms with E-state index in [0.717, 1.165) is 11.1 Å². The Morgan fingerprint density at radius 3 is 1.83 bits per heavy atom. The number of carbonyl (C=O) groups excluding carboxylic acids is 7. The molecule has 0 spiro atoms. The zero-order valence-electron chi connectivity index (χ0n) is 45.9. The molecule has 5 atom stereocenters. The number of ketones is 1. The number of terminal acetylenes is 1. The van der Waals surface area contributed by atoms with Crippen LogP contribution >= 0.6 is 0 Å². The summed E-state index contributed by atoms with van der Waals surface area (Å²) < 4.78 is 44.3. The van der Waals surface area contributed by atoms with E-state index in [4.69, 9.17) is 33.6 Å². The Balaban J connectivity index is 0.00000244. The fourth-order valence-electron chi connectivity index (χ4n) is 8.58. The first kappa shape index (κ1) is 63.0. The molecule has 2 aliphatic heterocycles. The van der Waals surface area contributed by atoms with Gasteiger partial charge in [-0.05, 0) is 94.5 Å². The van der Waals surface area contributed by atoms with Crippen molar-refractivity contribution < 1.29 is 65.2 Å². The third kappa shape index (κ3) is 21.8. The van der Waals surface area contributed by atoms with Gasteiger partial charge in [-0.25, -0.2) is 8.42 Å². The molecule has 0 unspecified atom stereocenters. The van der Waals surface area contributed by atoms with Crippen molar-refractivity contribution in [1.29, 1.82) is 0 Å². The van der Waals surface area contributed by atoms with Crippen molar-refractivity contribution in [3.8, 4) is 18.1 Å². The zero-order valence-corrected chi connectivity index (χ0v) is 46.7. The third-order valence-electron chi connectivity index (χ3n) is 12.8. The second-order valence-corrected chi connectivity index (χ2v) is 23.3. The number of hydrogen-bond acceptors (Lipinski definition) is 13. The molecule has 5 rings (SSSR count). The van der Waals surface area contributed by atoms with Gasteiger partial charge in [0.2, 0.25) is 17.7 Å². The molecule has 0 saturated carbocycles. The molecule has 2 fully saturated rings. The highest BCUT2D eigenvalue weighted by atomic mass is 32.2. The van der Waals surface area contributed by atoms with Gasteiger partial charge in [0.15, 0.2) is 12.3 Å². The number of benzene rings is 3. The molecule has 0 radical (unpaired) electrons. The predicted octanol–water partition coefficient (Wildman–Crippen LogP) is 3.77. The molecule has 3 aromatic carbocycles. The lowest BCUT2D eigenvalue weighted by molar-refractivity contribution is -0.940. The largest absolute Gasteiger partial charge is 0.748 e. The van der Waals surface area contributed by atoms with Crippen LogP contribution in [0.3, 0.4) is 0 Å². The number of quaternary nitrogens is 1. The number of hydrogen-bond donors (Lipinski definition) is 5. The van der Waals surface area contributed by atoms with Gasteiger partial charge in [0.25, 0.3) is 11.8 Å². The molecule has 420 valence electrons. The molecule has 2 heterocycles. The Hall–Kier alpha value is -6.50. The number of Topliss-reactive ketones (excluding diaryl/α,β-unsaturated/α-hetero) is 1. The average molecular weight is 1090 g/mol. The fourth-order valence-corrected chi connectivity index (χ4v) is 8.58. The number of nitrogens with zero attached hydrogens (tertiary/aromatic N) is 1. The summed E-state index contributed by atoms with van der Waals surface area (Å²) in [6, 6.07) is 19.6. The van der Waals surface area contributed by atoms with Crippen LogP contribution in [-0.2, 0) is 67.7 Å². The lowest BCUT2D eigenvalue weighted by Crippen LogP contribution is -2.61. The van der Waals surface area contributed by atoms with Crippen molar-refractivity contribution in [2.24, 2.45) is 17.3 Å². The maximum atomic E-state index is 14.6. The van der Waals surface area contributed by atoms with E-state index in [1.807, 2.05) is 88.4 Å². The summed E-state index contributed by atoms with van der Waals surface area (Å²) >= 11 is 0.